The van der Waals surface area contributed by atoms with Gasteiger partial charge < -0.3 is 20.1 Å². The lowest BCUT2D eigenvalue weighted by atomic mass is 10.0. The lowest BCUT2D eigenvalue weighted by Gasteiger charge is -2.22. The molecule has 0 aliphatic heterocycles. The summed E-state index contributed by atoms with van der Waals surface area (Å²) in [6.45, 7) is 3.03. The van der Waals surface area contributed by atoms with E-state index in [1.807, 2.05) is 30.3 Å². The number of ether oxygens (including phenoxy) is 1. The quantitative estimate of drug-likeness (QED) is 0.711. The zero-order chi connectivity index (χ0) is 21.6. The molecule has 0 aliphatic rings. The molecule has 154 valence electrons. The van der Waals surface area contributed by atoms with Gasteiger partial charge in [-0.05, 0) is 42.7 Å². The van der Waals surface area contributed by atoms with Crippen molar-refractivity contribution in [1.29, 1.82) is 0 Å². The maximum Gasteiger partial charge on any atom is 0.341 e. The summed E-state index contributed by atoms with van der Waals surface area (Å²) in [6, 6.07) is 12.0. The molecule has 0 saturated heterocycles. The third-order valence-corrected chi connectivity index (χ3v) is 4.39. The number of rotatable bonds is 8. The Labute approximate surface area is 170 Å². The van der Waals surface area contributed by atoms with E-state index in [9.17, 15) is 14.4 Å². The molecule has 0 heterocycles. The Balaban J connectivity index is 2.22. The maximum absolute atomic E-state index is 12.8. The van der Waals surface area contributed by atoms with Crippen LogP contribution in [-0.2, 0) is 16.0 Å². The van der Waals surface area contributed by atoms with Crippen LogP contribution in [0.3, 0.4) is 0 Å². The first-order chi connectivity index (χ1) is 13.7. The number of nitrogens with zero attached hydrogens (tertiary/aromatic N) is 1. The summed E-state index contributed by atoms with van der Waals surface area (Å²) in [5.41, 5.74) is 2.62. The first-order valence-electron chi connectivity index (χ1n) is 9.20. The number of aryl methyl sites for hydroxylation is 2. The molecule has 0 spiro atoms. The number of amides is 2. The van der Waals surface area contributed by atoms with Crippen LogP contribution in [0.1, 0.15) is 27.0 Å². The molecular formula is C22H26N2O5. The number of carboxylic acid groups (broad SMARTS) is 1. The minimum absolute atomic E-state index is 0.197. The number of aliphatic carboxylic acids is 1. The van der Waals surface area contributed by atoms with Crippen LogP contribution in [0, 0.1) is 13.8 Å². The molecule has 2 rings (SSSR count). The van der Waals surface area contributed by atoms with E-state index in [0.29, 0.717) is 28.9 Å². The number of carbonyl (C=O) groups is 3. The normalized spacial score (nSPS) is 11.4. The number of carbonyl (C=O) groups excluding carboxylic acids is 2. The zero-order valence-corrected chi connectivity index (χ0v) is 17.1. The van der Waals surface area contributed by atoms with Crippen molar-refractivity contribution in [3.8, 4) is 5.75 Å². The van der Waals surface area contributed by atoms with E-state index in [4.69, 9.17) is 9.84 Å². The van der Waals surface area contributed by atoms with Crippen molar-refractivity contribution in [2.45, 2.75) is 26.3 Å². The highest BCUT2D eigenvalue weighted by molar-refractivity contribution is 5.98. The Kier molecular flexibility index (Phi) is 7.36. The largest absolute Gasteiger partial charge is 0.481 e. The average Bonchev–Trinajstić information content (AvgIpc) is 2.66. The van der Waals surface area contributed by atoms with Crippen LogP contribution in [0.2, 0.25) is 0 Å². The second-order valence-electron chi connectivity index (χ2n) is 7.07. The maximum atomic E-state index is 12.8. The Morgan fingerprint density at radius 1 is 1.07 bits per heavy atom. The lowest BCUT2D eigenvalue weighted by Crippen LogP contribution is -2.47. The van der Waals surface area contributed by atoms with Crippen molar-refractivity contribution in [3.63, 3.8) is 0 Å². The van der Waals surface area contributed by atoms with Crippen molar-refractivity contribution < 1.29 is 24.2 Å². The second-order valence-corrected chi connectivity index (χ2v) is 7.07. The summed E-state index contributed by atoms with van der Waals surface area (Å²) in [5, 5.41) is 11.6. The van der Waals surface area contributed by atoms with Crippen molar-refractivity contribution in [3.05, 3.63) is 64.7 Å². The zero-order valence-electron chi connectivity index (χ0n) is 17.1. The van der Waals surface area contributed by atoms with Gasteiger partial charge in [-0.2, -0.15) is 0 Å². The van der Waals surface area contributed by atoms with E-state index >= 15 is 0 Å². The van der Waals surface area contributed by atoms with Crippen molar-refractivity contribution in [1.82, 2.24) is 10.2 Å². The van der Waals surface area contributed by atoms with Crippen molar-refractivity contribution in [2.24, 2.45) is 0 Å². The molecule has 0 fully saturated rings. The van der Waals surface area contributed by atoms with Gasteiger partial charge in [-0.25, -0.2) is 4.79 Å². The van der Waals surface area contributed by atoms with E-state index < -0.39 is 18.6 Å². The van der Waals surface area contributed by atoms with Crippen LogP contribution in [0.5, 0.6) is 5.75 Å². The molecule has 2 amide bonds. The Hall–Kier alpha value is -3.35. The Bertz CT molecular complexity index is 870. The fraction of sp³-hybridized carbons (Fsp3) is 0.318. The van der Waals surface area contributed by atoms with Gasteiger partial charge in [0.05, 0.1) is 0 Å². The van der Waals surface area contributed by atoms with Gasteiger partial charge >= 0.3 is 5.97 Å². The van der Waals surface area contributed by atoms with Crippen LogP contribution in [0.4, 0.5) is 0 Å². The summed E-state index contributed by atoms with van der Waals surface area (Å²) < 4.78 is 5.30. The fourth-order valence-corrected chi connectivity index (χ4v) is 3.05. The molecule has 2 aromatic carbocycles. The highest BCUT2D eigenvalue weighted by atomic mass is 16.5. The molecule has 2 N–H and O–H groups in total. The summed E-state index contributed by atoms with van der Waals surface area (Å²) in [7, 11) is 3.30. The summed E-state index contributed by atoms with van der Waals surface area (Å²) in [5.74, 6) is -1.21. The van der Waals surface area contributed by atoms with Gasteiger partial charge in [-0.1, -0.05) is 30.3 Å². The number of benzene rings is 2. The minimum atomic E-state index is -1.07. The number of carboxylic acids is 1. The van der Waals surface area contributed by atoms with Crippen LogP contribution >= 0.6 is 0 Å². The fourth-order valence-electron chi connectivity index (χ4n) is 3.05. The van der Waals surface area contributed by atoms with Gasteiger partial charge in [-0.15, -0.1) is 0 Å². The van der Waals surface area contributed by atoms with Crippen molar-refractivity contribution in [2.75, 3.05) is 20.7 Å². The molecule has 2 aromatic rings. The second kappa shape index (κ2) is 9.73. The number of hydrogen-bond donors (Lipinski definition) is 2. The Morgan fingerprint density at radius 3 is 2.17 bits per heavy atom. The third kappa shape index (κ3) is 6.07. The first-order valence-corrected chi connectivity index (χ1v) is 9.20. The molecule has 0 radical (unpaired) electrons. The minimum Gasteiger partial charge on any atom is -0.481 e. The van der Waals surface area contributed by atoms with Crippen LogP contribution < -0.4 is 10.1 Å². The number of hydrogen-bond acceptors (Lipinski definition) is 4. The molecule has 7 heteroatoms. The molecule has 29 heavy (non-hydrogen) atoms. The topological polar surface area (TPSA) is 95.9 Å². The van der Waals surface area contributed by atoms with Gasteiger partial charge in [0.1, 0.15) is 11.8 Å². The van der Waals surface area contributed by atoms with Gasteiger partial charge in [0, 0.05) is 26.1 Å². The third-order valence-electron chi connectivity index (χ3n) is 4.39. The molecule has 0 aliphatic carbocycles. The van der Waals surface area contributed by atoms with Crippen LogP contribution in [-0.4, -0.2) is 54.5 Å². The molecule has 7 nitrogen and oxygen atoms in total. The summed E-state index contributed by atoms with van der Waals surface area (Å²) in [4.78, 5) is 37.6. The predicted molar refractivity (Wildman–Crippen MR) is 109 cm³/mol. The number of nitrogens with one attached hydrogen (secondary N) is 1. The lowest BCUT2D eigenvalue weighted by molar-refractivity contribution is -0.139. The van der Waals surface area contributed by atoms with Crippen LogP contribution in [0.15, 0.2) is 42.5 Å². The smallest absolute Gasteiger partial charge is 0.341 e. The SMILES string of the molecule is Cc1cc(C(=O)NC(Cc2ccccc2)C(=O)N(C)C)cc(C)c1OCC(=O)O. The molecule has 0 saturated carbocycles. The molecule has 0 bridgehead atoms. The standard InChI is InChI=1S/C22H26N2O5/c1-14-10-17(11-15(2)20(14)29-13-19(25)26)21(27)23-18(22(28)24(3)4)12-16-8-6-5-7-9-16/h5-11,18H,12-13H2,1-4H3,(H,23,27)(H,25,26). The average molecular weight is 398 g/mol. The van der Waals surface area contributed by atoms with Gasteiger partial charge in [0.25, 0.3) is 5.91 Å². The van der Waals surface area contributed by atoms with E-state index in [1.165, 1.54) is 4.90 Å². The monoisotopic (exact) mass is 398 g/mol. The van der Waals surface area contributed by atoms with Gasteiger partial charge in [0.2, 0.25) is 5.91 Å². The highest BCUT2D eigenvalue weighted by Gasteiger charge is 2.24. The predicted octanol–water partition coefficient (Wildman–Crippen LogP) is 2.20. The van der Waals surface area contributed by atoms with Gasteiger partial charge in [-0.3, -0.25) is 9.59 Å². The van der Waals surface area contributed by atoms with Crippen LogP contribution in [0.25, 0.3) is 0 Å². The van der Waals surface area contributed by atoms with E-state index in [0.717, 1.165) is 5.56 Å². The van der Waals surface area contributed by atoms with Crippen molar-refractivity contribution >= 4 is 17.8 Å². The van der Waals surface area contributed by atoms with Gasteiger partial charge in [0.15, 0.2) is 6.61 Å². The Morgan fingerprint density at radius 2 is 1.66 bits per heavy atom. The molecule has 1 unspecified atom stereocenters. The summed E-state index contributed by atoms with van der Waals surface area (Å²) >= 11 is 0. The molecular weight excluding hydrogens is 372 g/mol. The van der Waals surface area contributed by atoms with E-state index in [1.54, 1.807) is 40.1 Å². The molecule has 0 aromatic heterocycles. The number of likely N-dealkylation sites (N-methyl/N-ethyl adjacent to an activating group) is 1. The summed E-state index contributed by atoms with van der Waals surface area (Å²) in [6.07, 6.45) is 0.376. The first kappa shape index (κ1) is 21.9. The highest BCUT2D eigenvalue weighted by Crippen LogP contribution is 2.25. The van der Waals surface area contributed by atoms with E-state index in [2.05, 4.69) is 5.32 Å². The van der Waals surface area contributed by atoms with E-state index in [-0.39, 0.29) is 11.8 Å². The molecule has 1 atom stereocenters.